The van der Waals surface area contributed by atoms with Gasteiger partial charge >= 0.3 is 0 Å². The summed E-state index contributed by atoms with van der Waals surface area (Å²) in [5, 5.41) is 0.497. The van der Waals surface area contributed by atoms with Crippen LogP contribution in [0.5, 0.6) is 0 Å². The topological polar surface area (TPSA) is 27.3 Å². The number of hydrogen-bond donors (Lipinski definition) is 2. The van der Waals surface area contributed by atoms with E-state index in [1.165, 1.54) is 0 Å². The maximum absolute atomic E-state index is 3.45. The summed E-state index contributed by atoms with van der Waals surface area (Å²) in [4.78, 5) is 2.23. The van der Waals surface area contributed by atoms with E-state index in [0.717, 1.165) is 23.7 Å². The fraction of sp³-hybridized carbons (Fsp3) is 0.294. The van der Waals surface area contributed by atoms with Gasteiger partial charge < -0.3 is 14.3 Å². The maximum atomic E-state index is 3.45. The molecule has 0 bridgehead atoms. The molecule has 1 unspecified atom stereocenters. The number of rotatable bonds is 9. The van der Waals surface area contributed by atoms with Crippen LogP contribution in [0.15, 0.2) is 60.7 Å². The second-order valence-electron chi connectivity index (χ2n) is 5.25. The molecule has 0 aliphatic rings. The third kappa shape index (κ3) is 6.64. The first-order chi connectivity index (χ1) is 10.7. The second kappa shape index (κ2) is 9.66. The Labute approximate surface area is 142 Å². The quantitative estimate of drug-likeness (QED) is 0.662. The first-order valence-electron chi connectivity index (χ1n) is 7.28. The molecule has 0 saturated carbocycles. The Morgan fingerprint density at radius 2 is 1.41 bits per heavy atom. The summed E-state index contributed by atoms with van der Waals surface area (Å²) in [6, 6.07) is 20.6. The van der Waals surface area contributed by atoms with E-state index in [1.807, 2.05) is 24.3 Å². The highest BCUT2D eigenvalue weighted by Gasteiger charge is 2.11. The molecule has 5 heteroatoms. The lowest BCUT2D eigenvalue weighted by Crippen LogP contribution is -2.26. The van der Waals surface area contributed by atoms with Crippen LogP contribution >= 0.6 is 23.9 Å². The summed E-state index contributed by atoms with van der Waals surface area (Å²) in [6.45, 7) is 1.04. The third-order valence-corrected chi connectivity index (χ3v) is 5.08. The molecule has 0 amide bonds. The molecule has 22 heavy (non-hydrogen) atoms. The van der Waals surface area contributed by atoms with Crippen molar-refractivity contribution in [3.05, 3.63) is 60.7 Å². The predicted octanol–water partition coefficient (Wildman–Crippen LogP) is 4.44. The minimum absolute atomic E-state index is 0.497. The first-order valence-corrected chi connectivity index (χ1v) is 9.15. The Kier molecular flexibility index (Phi) is 7.49. The van der Waals surface area contributed by atoms with E-state index >= 15 is 0 Å². The van der Waals surface area contributed by atoms with Gasteiger partial charge in [0.05, 0.1) is 0 Å². The number of anilines is 2. The van der Waals surface area contributed by atoms with Crippen molar-refractivity contribution in [1.82, 2.24) is 4.90 Å². The Balaban J connectivity index is 1.78. The van der Waals surface area contributed by atoms with Crippen molar-refractivity contribution < 1.29 is 0 Å². The Bertz CT molecular complexity index is 520. The number of para-hydroxylation sites is 2. The van der Waals surface area contributed by atoms with Crippen LogP contribution in [0.3, 0.4) is 0 Å². The van der Waals surface area contributed by atoms with E-state index in [1.54, 1.807) is 23.9 Å². The first kappa shape index (κ1) is 17.1. The summed E-state index contributed by atoms with van der Waals surface area (Å²) in [5.74, 6) is 1.03. The number of nitrogens with zero attached hydrogens (tertiary/aromatic N) is 1. The van der Waals surface area contributed by atoms with Crippen molar-refractivity contribution in [2.24, 2.45) is 0 Å². The van der Waals surface area contributed by atoms with Crippen molar-refractivity contribution in [3.63, 3.8) is 0 Å². The zero-order chi connectivity index (χ0) is 15.6. The summed E-state index contributed by atoms with van der Waals surface area (Å²) >= 11 is 3.54. The molecule has 0 aromatic heterocycles. The van der Waals surface area contributed by atoms with Gasteiger partial charge in [-0.2, -0.15) is 0 Å². The summed E-state index contributed by atoms with van der Waals surface area (Å²) < 4.78 is 6.85. The average molecular weight is 334 g/mol. The van der Waals surface area contributed by atoms with E-state index in [4.69, 9.17) is 0 Å². The second-order valence-corrected chi connectivity index (χ2v) is 7.18. The van der Waals surface area contributed by atoms with E-state index in [2.05, 4.69) is 64.8 Å². The van der Waals surface area contributed by atoms with E-state index in [-0.39, 0.29) is 0 Å². The third-order valence-electron chi connectivity index (χ3n) is 2.92. The average Bonchev–Trinajstić information content (AvgIpc) is 2.54. The highest BCUT2D eigenvalue weighted by atomic mass is 32.2. The van der Waals surface area contributed by atoms with Gasteiger partial charge in [-0.1, -0.05) is 48.3 Å². The van der Waals surface area contributed by atoms with E-state index < -0.39 is 0 Å². The van der Waals surface area contributed by atoms with Crippen molar-refractivity contribution >= 4 is 35.3 Å². The van der Waals surface area contributed by atoms with E-state index in [9.17, 15) is 0 Å². The van der Waals surface area contributed by atoms with Gasteiger partial charge in [0.15, 0.2) is 0 Å². The number of hydrogen-bond acceptors (Lipinski definition) is 5. The van der Waals surface area contributed by atoms with Crippen LogP contribution < -0.4 is 9.44 Å². The largest absolute Gasteiger partial charge is 0.330 e. The molecule has 1 atom stereocenters. The van der Waals surface area contributed by atoms with Crippen LogP contribution in [0.1, 0.15) is 0 Å². The smallest absolute Gasteiger partial charge is 0.0480 e. The standard InChI is InChI=1S/C17H23N3S2/c1-20(2)13-17(22-19-16-11-7-4-8-12-16)14-21-18-15-9-5-3-6-10-15/h3-12,17-19H,13-14H2,1-2H3. The van der Waals surface area contributed by atoms with Crippen LogP contribution in [-0.2, 0) is 0 Å². The molecule has 0 fully saturated rings. The van der Waals surface area contributed by atoms with Gasteiger partial charge in [0.25, 0.3) is 0 Å². The molecule has 118 valence electrons. The van der Waals surface area contributed by atoms with E-state index in [0.29, 0.717) is 5.25 Å². The summed E-state index contributed by atoms with van der Waals surface area (Å²) in [5.41, 5.74) is 2.30. The van der Waals surface area contributed by atoms with Gasteiger partial charge in [0.1, 0.15) is 0 Å². The monoisotopic (exact) mass is 333 g/mol. The minimum atomic E-state index is 0.497. The summed E-state index contributed by atoms with van der Waals surface area (Å²) in [6.07, 6.45) is 0. The molecule has 3 nitrogen and oxygen atoms in total. The lowest BCUT2D eigenvalue weighted by Gasteiger charge is -2.21. The molecule has 2 rings (SSSR count). The molecule has 0 saturated heterocycles. The lowest BCUT2D eigenvalue weighted by molar-refractivity contribution is 0.415. The van der Waals surface area contributed by atoms with Crippen molar-refractivity contribution in [2.75, 3.05) is 35.8 Å². The molecule has 0 radical (unpaired) electrons. The van der Waals surface area contributed by atoms with Gasteiger partial charge in [-0.3, -0.25) is 0 Å². The molecule has 0 aliphatic heterocycles. The molecule has 0 heterocycles. The predicted molar refractivity (Wildman–Crippen MR) is 103 cm³/mol. The van der Waals surface area contributed by atoms with Gasteiger partial charge in [-0.25, -0.2) is 0 Å². The summed E-state index contributed by atoms with van der Waals surface area (Å²) in [7, 11) is 4.23. The van der Waals surface area contributed by atoms with Crippen molar-refractivity contribution in [3.8, 4) is 0 Å². The van der Waals surface area contributed by atoms with Crippen LogP contribution in [0, 0.1) is 0 Å². The Morgan fingerprint density at radius 1 is 0.864 bits per heavy atom. The highest BCUT2D eigenvalue weighted by Crippen LogP contribution is 2.21. The molecule has 2 aromatic carbocycles. The zero-order valence-corrected chi connectivity index (χ0v) is 14.7. The number of nitrogens with one attached hydrogen (secondary N) is 2. The highest BCUT2D eigenvalue weighted by molar-refractivity contribution is 8.04. The molecule has 0 aliphatic carbocycles. The Morgan fingerprint density at radius 3 is 1.95 bits per heavy atom. The molecule has 2 N–H and O–H groups in total. The minimum Gasteiger partial charge on any atom is -0.330 e. The fourth-order valence-corrected chi connectivity index (χ4v) is 3.88. The van der Waals surface area contributed by atoms with Crippen LogP contribution in [0.2, 0.25) is 0 Å². The maximum Gasteiger partial charge on any atom is 0.0480 e. The van der Waals surface area contributed by atoms with Gasteiger partial charge in [-0.15, -0.1) is 0 Å². The molecule has 2 aromatic rings. The van der Waals surface area contributed by atoms with Crippen LogP contribution in [0.25, 0.3) is 0 Å². The van der Waals surface area contributed by atoms with Crippen LogP contribution in [-0.4, -0.2) is 36.5 Å². The SMILES string of the molecule is CN(C)CC(CSNc1ccccc1)SNc1ccccc1. The lowest BCUT2D eigenvalue weighted by atomic mass is 10.3. The van der Waals surface area contributed by atoms with Gasteiger partial charge in [-0.05, 0) is 50.3 Å². The molecular weight excluding hydrogens is 310 g/mol. The Hall–Kier alpha value is -1.30. The number of benzene rings is 2. The van der Waals surface area contributed by atoms with Gasteiger partial charge in [0.2, 0.25) is 0 Å². The zero-order valence-electron chi connectivity index (χ0n) is 13.0. The molecule has 0 spiro atoms. The van der Waals surface area contributed by atoms with Crippen molar-refractivity contribution in [2.45, 2.75) is 5.25 Å². The van der Waals surface area contributed by atoms with Crippen LogP contribution in [0.4, 0.5) is 11.4 Å². The normalized spacial score (nSPS) is 12.1. The molecular formula is C17H23N3S2. The van der Waals surface area contributed by atoms with Gasteiger partial charge in [0, 0.05) is 28.9 Å². The fourth-order valence-electron chi connectivity index (χ4n) is 1.91. The van der Waals surface area contributed by atoms with Crippen molar-refractivity contribution in [1.29, 1.82) is 0 Å².